The summed E-state index contributed by atoms with van der Waals surface area (Å²) in [6, 6.07) is -1.35. The highest BCUT2D eigenvalue weighted by atomic mass is 16.7. The molecule has 3 heterocycles. The molecule has 17 nitrogen and oxygen atoms in total. The second-order valence-corrected chi connectivity index (χ2v) is 18.5. The van der Waals surface area contributed by atoms with Gasteiger partial charge in [0.15, 0.2) is 12.6 Å². The molecule has 2 amide bonds. The summed E-state index contributed by atoms with van der Waals surface area (Å²) in [6.45, 7) is 20.5. The van der Waals surface area contributed by atoms with E-state index in [2.05, 4.69) is 10.6 Å². The van der Waals surface area contributed by atoms with Crippen molar-refractivity contribution in [3.8, 4) is 0 Å². The smallest absolute Gasteiger partial charge is 0.314 e. The minimum Gasteiger partial charge on any atom is -0.459 e. The van der Waals surface area contributed by atoms with Crippen LogP contribution >= 0.6 is 0 Å². The van der Waals surface area contributed by atoms with Crippen molar-refractivity contribution in [2.24, 2.45) is 17.8 Å². The lowest BCUT2D eigenvalue weighted by Crippen LogP contribution is -2.60. The summed E-state index contributed by atoms with van der Waals surface area (Å²) in [6.07, 6.45) is -8.97. The molecule has 0 bridgehead atoms. The molecule has 0 unspecified atom stereocenters. The van der Waals surface area contributed by atoms with E-state index >= 15 is 0 Å². The van der Waals surface area contributed by atoms with Crippen molar-refractivity contribution in [3.05, 3.63) is 0 Å². The molecule has 3 aliphatic rings. The largest absolute Gasteiger partial charge is 0.459 e. The number of rotatable bonds is 11. The minimum absolute atomic E-state index is 0.104. The highest BCUT2D eigenvalue weighted by Crippen LogP contribution is 2.40. The Hall–Kier alpha value is -1.74. The van der Waals surface area contributed by atoms with Crippen molar-refractivity contribution in [2.75, 3.05) is 47.4 Å². The number of ether oxygens (including phenoxy) is 6. The summed E-state index contributed by atoms with van der Waals surface area (Å²) in [4.78, 5) is 30.6. The maximum absolute atomic E-state index is 14.4. The molecule has 7 N–H and O–H groups in total. The number of likely N-dealkylation sites (N-methyl/N-ethyl adjacent to an activating group) is 1. The van der Waals surface area contributed by atoms with E-state index in [9.17, 15) is 35.1 Å². The Labute approximate surface area is 352 Å². The number of urea groups is 1. The predicted molar refractivity (Wildman–Crippen MR) is 220 cm³/mol. The molecule has 0 saturated carbocycles. The van der Waals surface area contributed by atoms with Crippen molar-refractivity contribution in [2.45, 2.75) is 192 Å². The van der Waals surface area contributed by atoms with Crippen LogP contribution in [0, 0.1) is 17.8 Å². The third-order valence-corrected chi connectivity index (χ3v) is 13.1. The van der Waals surface area contributed by atoms with Crippen LogP contribution in [0.25, 0.3) is 0 Å². The Morgan fingerprint density at radius 2 is 1.59 bits per heavy atom. The van der Waals surface area contributed by atoms with Crippen molar-refractivity contribution in [3.63, 3.8) is 0 Å². The molecule has 3 saturated heterocycles. The van der Waals surface area contributed by atoms with E-state index in [1.54, 1.807) is 48.5 Å². The van der Waals surface area contributed by atoms with Crippen LogP contribution in [0.4, 0.5) is 4.79 Å². The van der Waals surface area contributed by atoms with Crippen LogP contribution in [0.15, 0.2) is 0 Å². The van der Waals surface area contributed by atoms with Gasteiger partial charge >= 0.3 is 12.0 Å². The zero-order chi connectivity index (χ0) is 44.8. The maximum atomic E-state index is 14.4. The van der Waals surface area contributed by atoms with Crippen LogP contribution in [0.3, 0.4) is 0 Å². The first-order valence-electron chi connectivity index (χ1n) is 21.6. The fourth-order valence-corrected chi connectivity index (χ4v) is 9.43. The Bertz CT molecular complexity index is 1330. The summed E-state index contributed by atoms with van der Waals surface area (Å²) in [5.41, 5.74) is -4.61. The zero-order valence-electron chi connectivity index (χ0n) is 38.2. The number of carbonyl (C=O) groups excluding carboxylic acids is 2. The van der Waals surface area contributed by atoms with Crippen LogP contribution in [-0.4, -0.2) is 185 Å². The molecule has 17 heteroatoms. The SMILES string of the molecule is CCNC(=O)NCCN1C[C@H](C)C[C@@](C)(O)[C@H](O[C@@H]2O[C@H](C)C[C@H](N(C)C)[C@H]2O)[C@@H](C)[C@H](O[C@H]2C[C@@](C)(OC)[C@@H](O)[C@H](C)O2)[C@@H](C)C(=O)O[C@H](CC)[C@@](C)(O)[C@H](O)[C@H]1C. The number of nitrogens with zero attached hydrogens (tertiary/aromatic N) is 2. The summed E-state index contributed by atoms with van der Waals surface area (Å²) in [7, 11) is 5.24. The maximum Gasteiger partial charge on any atom is 0.314 e. The average Bonchev–Trinajstić information content (AvgIpc) is 3.15. The van der Waals surface area contributed by atoms with Crippen molar-refractivity contribution < 1.29 is 63.5 Å². The van der Waals surface area contributed by atoms with Gasteiger partial charge in [0.25, 0.3) is 0 Å². The third-order valence-electron chi connectivity index (χ3n) is 13.1. The molecule has 0 aromatic rings. The molecule has 59 heavy (non-hydrogen) atoms. The van der Waals surface area contributed by atoms with Gasteiger partial charge in [-0.1, -0.05) is 20.8 Å². The summed E-state index contributed by atoms with van der Waals surface area (Å²) in [5, 5.41) is 64.8. The lowest BCUT2D eigenvalue weighted by Gasteiger charge is -2.48. The molecule has 0 spiro atoms. The average molecular weight is 849 g/mol. The highest BCUT2D eigenvalue weighted by Gasteiger charge is 2.53. The minimum atomic E-state index is -1.91. The Kier molecular flexibility index (Phi) is 18.9. The molecular formula is C42H80N4O13. The molecule has 0 aliphatic carbocycles. The number of hydrogen-bond donors (Lipinski definition) is 7. The highest BCUT2D eigenvalue weighted by molar-refractivity contribution is 5.73. The van der Waals surface area contributed by atoms with E-state index in [4.69, 9.17) is 28.4 Å². The standard InChI is InChI=1S/C42H80N4O13/c1-15-30-42(11,53)34(48)27(7)46(18-17-44-39(51)43-16-2)22-23(3)20-40(9,52)36(59-38-32(47)29(45(12)13)19-24(4)55-38)25(5)33(26(6)37(50)57-30)58-31-21-41(10,54-14)35(49)28(8)56-31/h23-36,38,47-49,52-53H,15-22H2,1-14H3,(H2,43,44,51)/t23-,24-,25+,26-,27-,28+,29+,30-,31+,32-,33+,34-,35+,36-,38+,40-,41-,42-/m1/s1. The van der Waals surface area contributed by atoms with Gasteiger partial charge in [0, 0.05) is 57.7 Å². The molecule has 0 radical (unpaired) electrons. The zero-order valence-corrected chi connectivity index (χ0v) is 38.2. The number of amides is 2. The van der Waals surface area contributed by atoms with Crippen molar-refractivity contribution in [1.82, 2.24) is 20.4 Å². The molecule has 18 atom stereocenters. The second kappa shape index (κ2) is 21.6. The first kappa shape index (κ1) is 51.6. The quantitative estimate of drug-likeness (QED) is 0.147. The first-order chi connectivity index (χ1) is 27.3. The van der Waals surface area contributed by atoms with E-state index in [1.165, 1.54) is 14.0 Å². The van der Waals surface area contributed by atoms with E-state index < -0.39 is 96.0 Å². The molecule has 3 fully saturated rings. The van der Waals surface area contributed by atoms with E-state index in [0.717, 1.165) is 0 Å². The topological polar surface area (TPSA) is 221 Å². The summed E-state index contributed by atoms with van der Waals surface area (Å²) < 4.78 is 37.8. The van der Waals surface area contributed by atoms with Gasteiger partial charge in [-0.3, -0.25) is 9.69 Å². The molecular weight excluding hydrogens is 768 g/mol. The lowest BCUT2D eigenvalue weighted by atomic mass is 9.77. The summed E-state index contributed by atoms with van der Waals surface area (Å²) in [5.74, 6) is -2.87. The van der Waals surface area contributed by atoms with Gasteiger partial charge in [0.1, 0.15) is 30.0 Å². The van der Waals surface area contributed by atoms with Crippen LogP contribution < -0.4 is 10.6 Å². The number of aliphatic hydroxyl groups is 5. The van der Waals surface area contributed by atoms with Crippen molar-refractivity contribution in [1.29, 1.82) is 0 Å². The van der Waals surface area contributed by atoms with Gasteiger partial charge in [-0.2, -0.15) is 0 Å². The summed E-state index contributed by atoms with van der Waals surface area (Å²) >= 11 is 0. The number of aliphatic hydroxyl groups excluding tert-OH is 3. The molecule has 0 aromatic carbocycles. The van der Waals surface area contributed by atoms with E-state index in [0.29, 0.717) is 26.1 Å². The van der Waals surface area contributed by atoms with Gasteiger partial charge in [0.2, 0.25) is 0 Å². The van der Waals surface area contributed by atoms with E-state index in [-0.39, 0.29) is 49.9 Å². The molecule has 0 aromatic heterocycles. The van der Waals surface area contributed by atoms with Crippen molar-refractivity contribution >= 4 is 12.0 Å². The number of esters is 1. The first-order valence-corrected chi connectivity index (χ1v) is 21.6. The van der Waals surface area contributed by atoms with Gasteiger partial charge in [-0.25, -0.2) is 4.79 Å². The van der Waals surface area contributed by atoms with Crippen LogP contribution in [0.2, 0.25) is 0 Å². The Morgan fingerprint density at radius 3 is 2.17 bits per heavy atom. The second-order valence-electron chi connectivity index (χ2n) is 18.5. The lowest BCUT2D eigenvalue weighted by molar-refractivity contribution is -0.318. The monoisotopic (exact) mass is 849 g/mol. The normalized spacial score (nSPS) is 44.9. The van der Waals surface area contributed by atoms with E-state index in [1.807, 2.05) is 44.7 Å². The molecule has 346 valence electrons. The predicted octanol–water partition coefficient (Wildman–Crippen LogP) is 1.59. The Balaban J connectivity index is 2.19. The number of cyclic esters (lactones) is 1. The Morgan fingerprint density at radius 1 is 0.949 bits per heavy atom. The molecule has 3 aliphatic heterocycles. The van der Waals surface area contributed by atoms with Crippen LogP contribution in [-0.2, 0) is 33.2 Å². The van der Waals surface area contributed by atoms with Gasteiger partial charge in [0.05, 0.1) is 41.5 Å². The van der Waals surface area contributed by atoms with Gasteiger partial charge in [-0.15, -0.1) is 0 Å². The fraction of sp³-hybridized carbons (Fsp3) is 0.952. The van der Waals surface area contributed by atoms with Crippen LogP contribution in [0.5, 0.6) is 0 Å². The van der Waals surface area contributed by atoms with Gasteiger partial charge < -0.3 is 69.5 Å². The number of methoxy groups -OCH3 is 1. The molecule has 3 rings (SSSR count). The number of hydrogen-bond acceptors (Lipinski definition) is 15. The number of nitrogens with one attached hydrogen (secondary N) is 2. The van der Waals surface area contributed by atoms with Crippen LogP contribution in [0.1, 0.15) is 102 Å². The number of carbonyl (C=O) groups is 2. The van der Waals surface area contributed by atoms with Gasteiger partial charge in [-0.05, 0) is 94.7 Å². The fourth-order valence-electron chi connectivity index (χ4n) is 9.43. The third kappa shape index (κ3) is 12.7.